The van der Waals surface area contributed by atoms with Gasteiger partial charge in [-0.15, -0.1) is 0 Å². The normalized spacial score (nSPS) is 14.8. The predicted molar refractivity (Wildman–Crippen MR) is 86.3 cm³/mol. The number of carbonyl (C=O) groups is 2. The Morgan fingerprint density at radius 3 is 2.67 bits per heavy atom. The minimum atomic E-state index is -0.274. The topological polar surface area (TPSA) is 70.2 Å². The third-order valence-corrected chi connectivity index (χ3v) is 4.06. The van der Waals surface area contributed by atoms with Crippen molar-refractivity contribution in [1.29, 1.82) is 0 Å². The third kappa shape index (κ3) is 5.04. The molecule has 0 heterocycles. The molecule has 1 aromatic rings. The van der Waals surface area contributed by atoms with Gasteiger partial charge in [-0.1, -0.05) is 28.8 Å². The average Bonchev–Trinajstić information content (AvgIpc) is 2.92. The average molecular weight is 354 g/mol. The SMILES string of the molecule is Cc1cc(Br)ccc1NC(=O)CNC(=O)NC1CCCC1. The molecular formula is C15H20BrN3O2. The van der Waals surface area contributed by atoms with Crippen LogP contribution in [0.1, 0.15) is 31.2 Å². The fourth-order valence-electron chi connectivity index (χ4n) is 2.43. The van der Waals surface area contributed by atoms with E-state index in [1.165, 1.54) is 0 Å². The minimum absolute atomic E-state index is 0.0337. The molecule has 3 N–H and O–H groups in total. The van der Waals surface area contributed by atoms with Crippen LogP contribution in [0.5, 0.6) is 0 Å². The van der Waals surface area contributed by atoms with Gasteiger partial charge < -0.3 is 16.0 Å². The first-order valence-electron chi connectivity index (χ1n) is 7.15. The molecule has 114 valence electrons. The van der Waals surface area contributed by atoms with Crippen molar-refractivity contribution in [1.82, 2.24) is 10.6 Å². The second-order valence-electron chi connectivity index (χ2n) is 5.32. The Morgan fingerprint density at radius 2 is 2.00 bits per heavy atom. The molecule has 1 saturated carbocycles. The summed E-state index contributed by atoms with van der Waals surface area (Å²) >= 11 is 3.38. The molecule has 3 amide bonds. The Hall–Kier alpha value is -1.56. The lowest BCUT2D eigenvalue weighted by atomic mass is 10.2. The molecule has 0 unspecified atom stereocenters. The molecule has 1 fully saturated rings. The summed E-state index contributed by atoms with van der Waals surface area (Å²) in [5.74, 6) is -0.234. The smallest absolute Gasteiger partial charge is 0.315 e. The maximum Gasteiger partial charge on any atom is 0.315 e. The molecule has 0 aliphatic heterocycles. The van der Waals surface area contributed by atoms with Crippen molar-refractivity contribution >= 4 is 33.6 Å². The monoisotopic (exact) mass is 353 g/mol. The van der Waals surface area contributed by atoms with Crippen LogP contribution in [-0.2, 0) is 4.79 Å². The van der Waals surface area contributed by atoms with Crippen LogP contribution in [0, 0.1) is 6.92 Å². The second kappa shape index (κ2) is 7.45. The van der Waals surface area contributed by atoms with E-state index in [0.29, 0.717) is 0 Å². The molecular weight excluding hydrogens is 334 g/mol. The van der Waals surface area contributed by atoms with E-state index < -0.39 is 0 Å². The maximum atomic E-state index is 11.8. The highest BCUT2D eigenvalue weighted by molar-refractivity contribution is 9.10. The largest absolute Gasteiger partial charge is 0.335 e. The highest BCUT2D eigenvalue weighted by atomic mass is 79.9. The van der Waals surface area contributed by atoms with Gasteiger partial charge in [0.05, 0.1) is 6.54 Å². The first-order valence-corrected chi connectivity index (χ1v) is 7.94. The van der Waals surface area contributed by atoms with E-state index in [0.717, 1.165) is 41.4 Å². The van der Waals surface area contributed by atoms with Gasteiger partial charge in [-0.2, -0.15) is 0 Å². The van der Waals surface area contributed by atoms with E-state index in [9.17, 15) is 9.59 Å². The first kappa shape index (κ1) is 15.8. The number of nitrogens with one attached hydrogen (secondary N) is 3. The van der Waals surface area contributed by atoms with Crippen molar-refractivity contribution in [2.24, 2.45) is 0 Å². The number of amides is 3. The van der Waals surface area contributed by atoms with Crippen molar-refractivity contribution in [3.05, 3.63) is 28.2 Å². The fourth-order valence-corrected chi connectivity index (χ4v) is 2.90. The number of halogens is 1. The van der Waals surface area contributed by atoms with Crippen LogP contribution in [0.4, 0.5) is 10.5 Å². The van der Waals surface area contributed by atoms with E-state index >= 15 is 0 Å². The number of carbonyl (C=O) groups excluding carboxylic acids is 2. The molecule has 5 nitrogen and oxygen atoms in total. The number of aryl methyl sites for hydroxylation is 1. The van der Waals surface area contributed by atoms with Gasteiger partial charge in [0.25, 0.3) is 0 Å². The summed E-state index contributed by atoms with van der Waals surface area (Å²) in [7, 11) is 0. The first-order chi connectivity index (χ1) is 10.0. The molecule has 0 radical (unpaired) electrons. The molecule has 0 spiro atoms. The van der Waals surface area contributed by atoms with Crippen molar-refractivity contribution in [3.8, 4) is 0 Å². The van der Waals surface area contributed by atoms with Crippen molar-refractivity contribution in [2.45, 2.75) is 38.6 Å². The van der Waals surface area contributed by atoms with Crippen molar-refractivity contribution in [2.75, 3.05) is 11.9 Å². The van der Waals surface area contributed by atoms with Gasteiger partial charge in [-0.3, -0.25) is 4.79 Å². The van der Waals surface area contributed by atoms with Gasteiger partial charge in [0.1, 0.15) is 0 Å². The van der Waals surface area contributed by atoms with Crippen molar-refractivity contribution in [3.63, 3.8) is 0 Å². The highest BCUT2D eigenvalue weighted by Gasteiger charge is 2.17. The lowest BCUT2D eigenvalue weighted by Crippen LogP contribution is -2.43. The Bertz CT molecular complexity index is 528. The molecule has 2 rings (SSSR count). The van der Waals surface area contributed by atoms with Crippen LogP contribution in [0.15, 0.2) is 22.7 Å². The molecule has 1 aliphatic carbocycles. The van der Waals surface area contributed by atoms with Crippen LogP contribution in [0.3, 0.4) is 0 Å². The van der Waals surface area contributed by atoms with E-state index in [4.69, 9.17) is 0 Å². The zero-order valence-electron chi connectivity index (χ0n) is 12.0. The molecule has 6 heteroatoms. The lowest BCUT2D eigenvalue weighted by molar-refractivity contribution is -0.115. The van der Waals surface area contributed by atoms with Gasteiger partial charge in [0, 0.05) is 16.2 Å². The number of hydrogen-bond donors (Lipinski definition) is 3. The zero-order chi connectivity index (χ0) is 15.2. The quantitative estimate of drug-likeness (QED) is 0.778. The Kier molecular flexibility index (Phi) is 5.61. The fraction of sp³-hybridized carbons (Fsp3) is 0.467. The Labute approximate surface area is 133 Å². The number of urea groups is 1. The van der Waals surface area contributed by atoms with E-state index in [2.05, 4.69) is 31.9 Å². The van der Waals surface area contributed by atoms with Gasteiger partial charge in [-0.05, 0) is 43.5 Å². The molecule has 0 saturated heterocycles. The molecule has 1 aliphatic rings. The summed E-state index contributed by atoms with van der Waals surface area (Å²) in [4.78, 5) is 23.5. The number of benzene rings is 1. The second-order valence-corrected chi connectivity index (χ2v) is 6.23. The number of rotatable bonds is 4. The molecule has 0 aromatic heterocycles. The molecule has 0 bridgehead atoms. The molecule has 1 aromatic carbocycles. The van der Waals surface area contributed by atoms with Crippen LogP contribution in [0.2, 0.25) is 0 Å². The zero-order valence-corrected chi connectivity index (χ0v) is 13.6. The van der Waals surface area contributed by atoms with Gasteiger partial charge >= 0.3 is 6.03 Å². The van der Waals surface area contributed by atoms with Gasteiger partial charge in [0.15, 0.2) is 0 Å². The summed E-state index contributed by atoms with van der Waals surface area (Å²) in [5.41, 5.74) is 1.72. The van der Waals surface area contributed by atoms with Crippen molar-refractivity contribution < 1.29 is 9.59 Å². The summed E-state index contributed by atoms with van der Waals surface area (Å²) < 4.78 is 0.965. The lowest BCUT2D eigenvalue weighted by Gasteiger charge is -2.13. The summed E-state index contributed by atoms with van der Waals surface area (Å²) in [5, 5.41) is 8.25. The molecule has 21 heavy (non-hydrogen) atoms. The van der Waals surface area contributed by atoms with E-state index in [-0.39, 0.29) is 24.5 Å². The van der Waals surface area contributed by atoms with Gasteiger partial charge in [-0.25, -0.2) is 4.79 Å². The predicted octanol–water partition coefficient (Wildman–Crippen LogP) is 2.94. The Morgan fingerprint density at radius 1 is 1.29 bits per heavy atom. The summed E-state index contributed by atoms with van der Waals surface area (Å²) in [6.45, 7) is 1.88. The number of hydrogen-bond acceptors (Lipinski definition) is 2. The van der Waals surface area contributed by atoms with E-state index in [1.807, 2.05) is 25.1 Å². The number of anilines is 1. The highest BCUT2D eigenvalue weighted by Crippen LogP contribution is 2.20. The summed E-state index contributed by atoms with van der Waals surface area (Å²) in [6, 6.07) is 5.60. The minimum Gasteiger partial charge on any atom is -0.335 e. The van der Waals surface area contributed by atoms with Crippen LogP contribution >= 0.6 is 15.9 Å². The van der Waals surface area contributed by atoms with Crippen LogP contribution < -0.4 is 16.0 Å². The van der Waals surface area contributed by atoms with Crippen LogP contribution in [-0.4, -0.2) is 24.5 Å². The van der Waals surface area contributed by atoms with Crippen LogP contribution in [0.25, 0.3) is 0 Å². The Balaban J connectivity index is 1.75. The van der Waals surface area contributed by atoms with E-state index in [1.54, 1.807) is 0 Å². The third-order valence-electron chi connectivity index (χ3n) is 3.56. The maximum absolute atomic E-state index is 11.8. The standard InChI is InChI=1S/C15H20BrN3O2/c1-10-8-11(16)6-7-13(10)19-14(20)9-17-15(21)18-12-4-2-3-5-12/h6-8,12H,2-5,9H2,1H3,(H,19,20)(H2,17,18,21). The summed E-state index contributed by atoms with van der Waals surface area (Å²) in [6.07, 6.45) is 4.37. The molecule has 0 atom stereocenters. The van der Waals surface area contributed by atoms with Gasteiger partial charge in [0.2, 0.25) is 5.91 Å².